The van der Waals surface area contributed by atoms with Gasteiger partial charge in [0.2, 0.25) is 0 Å². The molecular weight excluding hydrogens is 150 g/mol. The first kappa shape index (κ1) is 8.91. The summed E-state index contributed by atoms with van der Waals surface area (Å²) in [5.74, 6) is 0.221. The van der Waals surface area contributed by atoms with Gasteiger partial charge in [-0.2, -0.15) is 0 Å². The molecule has 0 aromatic carbocycles. The zero-order chi connectivity index (χ0) is 8.97. The lowest BCUT2D eigenvalue weighted by molar-refractivity contribution is -0.116. The molecule has 0 bridgehead atoms. The van der Waals surface area contributed by atoms with Gasteiger partial charge in [0, 0.05) is 18.3 Å². The third-order valence-corrected chi connectivity index (χ3v) is 1.71. The fourth-order valence-corrected chi connectivity index (χ4v) is 1.04. The molecule has 1 aromatic rings. The van der Waals surface area contributed by atoms with Crippen LogP contribution < -0.4 is 0 Å². The number of Topliss-reactive ketones (excluding diaryl/α,β-unsaturated/α-hetero) is 1. The number of pyridine rings is 1. The van der Waals surface area contributed by atoms with Crippen molar-refractivity contribution in [3.05, 3.63) is 29.6 Å². The van der Waals surface area contributed by atoms with Crippen molar-refractivity contribution in [1.29, 1.82) is 0 Å². The van der Waals surface area contributed by atoms with E-state index in [-0.39, 0.29) is 5.78 Å². The van der Waals surface area contributed by atoms with E-state index in [0.717, 1.165) is 12.1 Å². The van der Waals surface area contributed by atoms with Crippen molar-refractivity contribution < 1.29 is 4.79 Å². The summed E-state index contributed by atoms with van der Waals surface area (Å²) in [5, 5.41) is 0. The van der Waals surface area contributed by atoms with Gasteiger partial charge in [-0.15, -0.1) is 0 Å². The summed E-state index contributed by atoms with van der Waals surface area (Å²) in [6.07, 6.45) is 3.14. The highest BCUT2D eigenvalue weighted by Crippen LogP contribution is 2.02. The number of aryl methyl sites for hydroxylation is 2. The summed E-state index contributed by atoms with van der Waals surface area (Å²) >= 11 is 0. The van der Waals surface area contributed by atoms with Crippen LogP contribution in [-0.4, -0.2) is 10.8 Å². The second kappa shape index (κ2) is 4.00. The average Bonchev–Trinajstić information content (AvgIpc) is 2.01. The minimum Gasteiger partial charge on any atom is -0.300 e. The standard InChI is InChI=1S/C10H13NO/c1-8-5-6-11-10(7-8)4-3-9(2)12/h5-7H,3-4H2,1-2H3. The SMILES string of the molecule is CC(=O)CCc1cc(C)ccn1. The maximum Gasteiger partial charge on any atom is 0.130 e. The fraction of sp³-hybridized carbons (Fsp3) is 0.400. The molecule has 0 aliphatic carbocycles. The largest absolute Gasteiger partial charge is 0.300 e. The zero-order valence-electron chi connectivity index (χ0n) is 7.50. The Morgan fingerprint density at radius 1 is 1.58 bits per heavy atom. The van der Waals surface area contributed by atoms with Crippen molar-refractivity contribution in [3.8, 4) is 0 Å². The summed E-state index contributed by atoms with van der Waals surface area (Å²) in [5.41, 5.74) is 2.20. The van der Waals surface area contributed by atoms with Gasteiger partial charge in [0.25, 0.3) is 0 Å². The molecule has 0 aliphatic heterocycles. The molecule has 0 saturated carbocycles. The number of carbonyl (C=O) groups excluding carboxylic acids is 1. The third-order valence-electron chi connectivity index (χ3n) is 1.71. The molecule has 1 rings (SSSR count). The lowest BCUT2D eigenvalue weighted by Crippen LogP contribution is -1.96. The van der Waals surface area contributed by atoms with Gasteiger partial charge in [0.05, 0.1) is 0 Å². The van der Waals surface area contributed by atoms with E-state index in [9.17, 15) is 4.79 Å². The van der Waals surface area contributed by atoms with Gasteiger partial charge >= 0.3 is 0 Å². The molecule has 0 atom stereocenters. The summed E-state index contributed by atoms with van der Waals surface area (Å²) in [7, 11) is 0. The Labute approximate surface area is 72.6 Å². The topological polar surface area (TPSA) is 30.0 Å². The Bertz CT molecular complexity index is 281. The van der Waals surface area contributed by atoms with E-state index in [1.807, 2.05) is 19.1 Å². The van der Waals surface area contributed by atoms with Gasteiger partial charge in [-0.1, -0.05) is 0 Å². The van der Waals surface area contributed by atoms with Crippen LogP contribution in [0.15, 0.2) is 18.3 Å². The predicted octanol–water partition coefficient (Wildman–Crippen LogP) is 1.91. The third kappa shape index (κ3) is 2.82. The maximum absolute atomic E-state index is 10.7. The van der Waals surface area contributed by atoms with E-state index in [1.54, 1.807) is 13.1 Å². The van der Waals surface area contributed by atoms with E-state index >= 15 is 0 Å². The molecule has 2 nitrogen and oxygen atoms in total. The number of hydrogen-bond acceptors (Lipinski definition) is 2. The molecule has 0 aliphatic rings. The number of hydrogen-bond donors (Lipinski definition) is 0. The highest BCUT2D eigenvalue weighted by atomic mass is 16.1. The van der Waals surface area contributed by atoms with Crippen LogP contribution in [0.3, 0.4) is 0 Å². The monoisotopic (exact) mass is 163 g/mol. The van der Waals surface area contributed by atoms with Crippen LogP contribution in [0, 0.1) is 6.92 Å². The molecule has 0 spiro atoms. The van der Waals surface area contributed by atoms with E-state index < -0.39 is 0 Å². The summed E-state index contributed by atoms with van der Waals surface area (Å²) in [6, 6.07) is 3.97. The summed E-state index contributed by atoms with van der Waals surface area (Å²) in [4.78, 5) is 14.8. The van der Waals surface area contributed by atoms with Crippen LogP contribution in [0.2, 0.25) is 0 Å². The van der Waals surface area contributed by atoms with E-state index in [0.29, 0.717) is 6.42 Å². The quantitative estimate of drug-likeness (QED) is 0.681. The fourth-order valence-electron chi connectivity index (χ4n) is 1.04. The summed E-state index contributed by atoms with van der Waals surface area (Å²) < 4.78 is 0. The second-order valence-electron chi connectivity index (χ2n) is 3.03. The van der Waals surface area contributed by atoms with Gasteiger partial charge in [-0.25, -0.2) is 0 Å². The molecule has 64 valence electrons. The zero-order valence-corrected chi connectivity index (χ0v) is 7.50. The van der Waals surface area contributed by atoms with Gasteiger partial charge < -0.3 is 4.79 Å². The van der Waals surface area contributed by atoms with Crippen LogP contribution in [0.5, 0.6) is 0 Å². The normalized spacial score (nSPS) is 9.83. The van der Waals surface area contributed by atoms with Gasteiger partial charge in [0.1, 0.15) is 5.78 Å². The van der Waals surface area contributed by atoms with Crippen molar-refractivity contribution in [2.24, 2.45) is 0 Å². The van der Waals surface area contributed by atoms with E-state index in [1.165, 1.54) is 5.56 Å². The Hall–Kier alpha value is -1.18. The number of ketones is 1. The first-order valence-corrected chi connectivity index (χ1v) is 4.09. The van der Waals surface area contributed by atoms with E-state index in [4.69, 9.17) is 0 Å². The molecule has 0 radical (unpaired) electrons. The van der Waals surface area contributed by atoms with Crippen molar-refractivity contribution in [2.75, 3.05) is 0 Å². The van der Waals surface area contributed by atoms with Crippen LogP contribution in [-0.2, 0) is 11.2 Å². The lowest BCUT2D eigenvalue weighted by Gasteiger charge is -1.98. The highest BCUT2D eigenvalue weighted by molar-refractivity contribution is 5.75. The molecule has 12 heavy (non-hydrogen) atoms. The minimum absolute atomic E-state index is 0.221. The number of nitrogens with zero attached hydrogens (tertiary/aromatic N) is 1. The predicted molar refractivity (Wildman–Crippen MR) is 48.0 cm³/mol. The van der Waals surface area contributed by atoms with Crippen molar-refractivity contribution in [2.45, 2.75) is 26.7 Å². The van der Waals surface area contributed by atoms with Crippen molar-refractivity contribution in [3.63, 3.8) is 0 Å². The Morgan fingerprint density at radius 3 is 2.92 bits per heavy atom. The van der Waals surface area contributed by atoms with Gasteiger partial charge in [0.15, 0.2) is 0 Å². The molecule has 0 amide bonds. The maximum atomic E-state index is 10.7. The molecule has 1 aromatic heterocycles. The molecular formula is C10H13NO. The summed E-state index contributed by atoms with van der Waals surface area (Å²) in [6.45, 7) is 3.63. The molecule has 0 unspecified atom stereocenters. The van der Waals surface area contributed by atoms with Crippen LogP contribution in [0.25, 0.3) is 0 Å². The van der Waals surface area contributed by atoms with Gasteiger partial charge in [-0.05, 0) is 38.0 Å². The van der Waals surface area contributed by atoms with Crippen molar-refractivity contribution in [1.82, 2.24) is 4.98 Å². The molecule has 0 fully saturated rings. The molecule has 2 heteroatoms. The minimum atomic E-state index is 0.221. The smallest absolute Gasteiger partial charge is 0.130 e. The second-order valence-corrected chi connectivity index (χ2v) is 3.03. The highest BCUT2D eigenvalue weighted by Gasteiger charge is 1.97. The van der Waals surface area contributed by atoms with Gasteiger partial charge in [-0.3, -0.25) is 4.98 Å². The van der Waals surface area contributed by atoms with Crippen LogP contribution >= 0.6 is 0 Å². The van der Waals surface area contributed by atoms with E-state index in [2.05, 4.69) is 4.98 Å². The van der Waals surface area contributed by atoms with Crippen molar-refractivity contribution >= 4 is 5.78 Å². The Morgan fingerprint density at radius 2 is 2.33 bits per heavy atom. The molecule has 1 heterocycles. The Kier molecular flexibility index (Phi) is 2.97. The van der Waals surface area contributed by atoms with Crippen LogP contribution in [0.4, 0.5) is 0 Å². The number of aromatic nitrogens is 1. The first-order chi connectivity index (χ1) is 5.68. The average molecular weight is 163 g/mol. The first-order valence-electron chi connectivity index (χ1n) is 4.09. The lowest BCUT2D eigenvalue weighted by atomic mass is 10.1. The number of carbonyl (C=O) groups is 1. The Balaban J connectivity index is 2.57. The molecule has 0 saturated heterocycles. The number of rotatable bonds is 3. The van der Waals surface area contributed by atoms with Crippen LogP contribution in [0.1, 0.15) is 24.6 Å². The molecule has 0 N–H and O–H groups in total.